The largest absolute Gasteiger partial charge is 0.456 e. The van der Waals surface area contributed by atoms with Gasteiger partial charge in [-0.1, -0.05) is 23.7 Å². The standard InChI is InChI=1S/C25H23ClN4O5/c1-17(31)28-12-14-29(15-13-28)23-9-6-18(16-21(23)26)27-25(32)11-8-19-7-10-24(35-19)20-4-2-3-5-22(20)30(33)34/h2-11,16H,12-15H2,1H3,(H,27,32)/b11-8+. The van der Waals surface area contributed by atoms with Crippen LogP contribution in [0.2, 0.25) is 5.02 Å². The first-order chi connectivity index (χ1) is 16.8. The molecule has 35 heavy (non-hydrogen) atoms. The SMILES string of the molecule is CC(=O)N1CCN(c2ccc(NC(=O)/C=C/c3ccc(-c4ccccc4[N+](=O)[O-])o3)cc2Cl)CC1. The van der Waals surface area contributed by atoms with Gasteiger partial charge in [-0.25, -0.2) is 0 Å². The highest BCUT2D eigenvalue weighted by atomic mass is 35.5. The summed E-state index contributed by atoms with van der Waals surface area (Å²) in [6.45, 7) is 4.22. The number of hydrogen-bond donors (Lipinski definition) is 1. The summed E-state index contributed by atoms with van der Waals surface area (Å²) in [4.78, 5) is 38.6. The minimum atomic E-state index is -0.469. The van der Waals surface area contributed by atoms with E-state index in [1.165, 1.54) is 18.2 Å². The van der Waals surface area contributed by atoms with Gasteiger partial charge in [0.05, 0.1) is 21.2 Å². The third-order valence-electron chi connectivity index (χ3n) is 5.67. The number of rotatable bonds is 6. The van der Waals surface area contributed by atoms with Gasteiger partial charge in [-0.15, -0.1) is 0 Å². The molecule has 1 fully saturated rings. The lowest BCUT2D eigenvalue weighted by Gasteiger charge is -2.36. The second kappa shape index (κ2) is 10.4. The third kappa shape index (κ3) is 5.70. The van der Waals surface area contributed by atoms with Crippen molar-refractivity contribution in [1.82, 2.24) is 4.90 Å². The predicted octanol–water partition coefficient (Wildman–Crippen LogP) is 4.83. The van der Waals surface area contributed by atoms with Crippen LogP contribution < -0.4 is 10.2 Å². The van der Waals surface area contributed by atoms with Gasteiger partial charge in [-0.05, 0) is 42.5 Å². The minimum absolute atomic E-state index is 0.0591. The zero-order chi connectivity index (χ0) is 24.9. The number of carbonyl (C=O) groups is 2. The van der Waals surface area contributed by atoms with Gasteiger partial charge in [-0.2, -0.15) is 0 Å². The number of furan rings is 1. The van der Waals surface area contributed by atoms with Crippen LogP contribution in [-0.2, 0) is 9.59 Å². The molecular weight excluding hydrogens is 472 g/mol. The van der Waals surface area contributed by atoms with Crippen molar-refractivity contribution >= 4 is 46.6 Å². The van der Waals surface area contributed by atoms with Crippen molar-refractivity contribution in [3.63, 3.8) is 0 Å². The summed E-state index contributed by atoms with van der Waals surface area (Å²) in [5, 5.41) is 14.5. The number of nitro benzene ring substituents is 1. The average Bonchev–Trinajstić information content (AvgIpc) is 3.32. The van der Waals surface area contributed by atoms with E-state index in [4.69, 9.17) is 16.0 Å². The topological polar surface area (TPSA) is 109 Å². The molecule has 0 aliphatic carbocycles. The smallest absolute Gasteiger partial charge is 0.280 e. The Morgan fingerprint density at radius 1 is 1.09 bits per heavy atom. The minimum Gasteiger partial charge on any atom is -0.456 e. The fourth-order valence-corrected chi connectivity index (χ4v) is 4.17. The molecule has 0 saturated carbocycles. The number of benzene rings is 2. The molecule has 1 N–H and O–H groups in total. The fourth-order valence-electron chi connectivity index (χ4n) is 3.87. The van der Waals surface area contributed by atoms with Gasteiger partial charge < -0.3 is 19.5 Å². The van der Waals surface area contributed by atoms with Gasteiger partial charge >= 0.3 is 0 Å². The average molecular weight is 495 g/mol. The highest BCUT2D eigenvalue weighted by Gasteiger charge is 2.20. The van der Waals surface area contributed by atoms with Gasteiger partial charge in [-0.3, -0.25) is 19.7 Å². The van der Waals surface area contributed by atoms with Crippen LogP contribution in [-0.4, -0.2) is 47.8 Å². The van der Waals surface area contributed by atoms with Crippen molar-refractivity contribution in [2.45, 2.75) is 6.92 Å². The third-order valence-corrected chi connectivity index (χ3v) is 5.98. The molecule has 0 radical (unpaired) electrons. The van der Waals surface area contributed by atoms with Crippen molar-refractivity contribution in [2.24, 2.45) is 0 Å². The molecule has 4 rings (SSSR count). The Hall–Kier alpha value is -4.11. The summed E-state index contributed by atoms with van der Waals surface area (Å²) in [6.07, 6.45) is 2.79. The maximum absolute atomic E-state index is 12.4. The van der Waals surface area contributed by atoms with Crippen LogP contribution in [0, 0.1) is 10.1 Å². The summed E-state index contributed by atoms with van der Waals surface area (Å²) < 4.78 is 5.66. The van der Waals surface area contributed by atoms with Crippen LogP contribution in [0.4, 0.5) is 17.1 Å². The lowest BCUT2D eigenvalue weighted by molar-refractivity contribution is -0.384. The number of amides is 2. The van der Waals surface area contributed by atoms with Gasteiger partial charge in [0.15, 0.2) is 0 Å². The first-order valence-corrected chi connectivity index (χ1v) is 11.3. The van der Waals surface area contributed by atoms with Crippen LogP contribution >= 0.6 is 11.6 Å². The number of nitrogens with zero attached hydrogens (tertiary/aromatic N) is 3. The van der Waals surface area contributed by atoms with E-state index in [9.17, 15) is 19.7 Å². The Bertz CT molecular complexity index is 1290. The Balaban J connectivity index is 1.38. The van der Waals surface area contributed by atoms with Gasteiger partial charge in [0.1, 0.15) is 11.5 Å². The van der Waals surface area contributed by atoms with E-state index in [0.29, 0.717) is 54.0 Å². The van der Waals surface area contributed by atoms with Crippen LogP contribution in [0.5, 0.6) is 0 Å². The number of halogens is 1. The van der Waals surface area contributed by atoms with E-state index in [1.807, 2.05) is 6.07 Å². The second-order valence-corrected chi connectivity index (χ2v) is 8.37. The number of piperazine rings is 1. The summed E-state index contributed by atoms with van der Waals surface area (Å²) >= 11 is 6.46. The molecule has 10 heteroatoms. The predicted molar refractivity (Wildman–Crippen MR) is 134 cm³/mol. The summed E-state index contributed by atoms with van der Waals surface area (Å²) in [5.41, 5.74) is 1.69. The van der Waals surface area contributed by atoms with Gasteiger partial charge in [0.25, 0.3) is 5.69 Å². The summed E-state index contributed by atoms with van der Waals surface area (Å²) in [6, 6.07) is 14.8. The van der Waals surface area contributed by atoms with Crippen LogP contribution in [0.1, 0.15) is 12.7 Å². The van der Waals surface area contributed by atoms with E-state index < -0.39 is 4.92 Å². The highest BCUT2D eigenvalue weighted by Crippen LogP contribution is 2.32. The van der Waals surface area contributed by atoms with E-state index in [1.54, 1.807) is 54.3 Å². The quantitative estimate of drug-likeness (QED) is 0.298. The zero-order valence-electron chi connectivity index (χ0n) is 18.9. The molecular formula is C25H23ClN4O5. The number of nitrogens with one attached hydrogen (secondary N) is 1. The van der Waals surface area contributed by atoms with Gasteiger partial charge in [0.2, 0.25) is 11.8 Å². The van der Waals surface area contributed by atoms with E-state index in [0.717, 1.165) is 5.69 Å². The molecule has 2 aromatic carbocycles. The normalized spacial score (nSPS) is 13.8. The van der Waals surface area contributed by atoms with E-state index in [2.05, 4.69) is 10.2 Å². The molecule has 2 heterocycles. The van der Waals surface area contributed by atoms with Crippen LogP contribution in [0.25, 0.3) is 17.4 Å². The number of nitro groups is 1. The second-order valence-electron chi connectivity index (χ2n) is 7.96. The monoisotopic (exact) mass is 494 g/mol. The number of anilines is 2. The molecule has 0 unspecified atom stereocenters. The molecule has 3 aromatic rings. The first kappa shape index (κ1) is 24.0. The molecule has 0 bridgehead atoms. The molecule has 1 aliphatic rings. The van der Waals surface area contributed by atoms with Crippen molar-refractivity contribution in [1.29, 1.82) is 0 Å². The zero-order valence-corrected chi connectivity index (χ0v) is 19.7. The van der Waals surface area contributed by atoms with Crippen molar-refractivity contribution in [2.75, 3.05) is 36.4 Å². The lowest BCUT2D eigenvalue weighted by Crippen LogP contribution is -2.48. The maximum Gasteiger partial charge on any atom is 0.280 e. The summed E-state index contributed by atoms with van der Waals surface area (Å²) in [5.74, 6) is 0.400. The van der Waals surface area contributed by atoms with Crippen LogP contribution in [0.15, 0.2) is 65.1 Å². The van der Waals surface area contributed by atoms with Gasteiger partial charge in [0, 0.05) is 50.9 Å². The van der Waals surface area contributed by atoms with Crippen molar-refractivity contribution in [3.8, 4) is 11.3 Å². The lowest BCUT2D eigenvalue weighted by atomic mass is 10.1. The first-order valence-electron chi connectivity index (χ1n) is 10.9. The number of hydrogen-bond acceptors (Lipinski definition) is 6. The molecule has 180 valence electrons. The highest BCUT2D eigenvalue weighted by molar-refractivity contribution is 6.33. The van der Waals surface area contributed by atoms with E-state index >= 15 is 0 Å². The molecule has 0 atom stereocenters. The Morgan fingerprint density at radius 2 is 1.83 bits per heavy atom. The molecule has 1 aromatic heterocycles. The Labute approximate surface area is 206 Å². The fraction of sp³-hybridized carbons (Fsp3) is 0.200. The molecule has 1 saturated heterocycles. The molecule has 0 spiro atoms. The number of para-hydroxylation sites is 1. The van der Waals surface area contributed by atoms with E-state index in [-0.39, 0.29) is 17.5 Å². The number of carbonyl (C=O) groups excluding carboxylic acids is 2. The molecule has 1 aliphatic heterocycles. The summed E-state index contributed by atoms with van der Waals surface area (Å²) in [7, 11) is 0. The Morgan fingerprint density at radius 3 is 2.51 bits per heavy atom. The molecule has 2 amide bonds. The maximum atomic E-state index is 12.4. The van der Waals surface area contributed by atoms with Crippen molar-refractivity contribution in [3.05, 3.63) is 81.6 Å². The van der Waals surface area contributed by atoms with Crippen LogP contribution in [0.3, 0.4) is 0 Å². The Kier molecular flexibility index (Phi) is 7.17. The van der Waals surface area contributed by atoms with Crippen molar-refractivity contribution < 1.29 is 18.9 Å². The molecule has 9 nitrogen and oxygen atoms in total.